The summed E-state index contributed by atoms with van der Waals surface area (Å²) in [4.78, 5) is 2.24. The van der Waals surface area contributed by atoms with Crippen LogP contribution in [0, 0.1) is 46.3 Å². The van der Waals surface area contributed by atoms with E-state index < -0.39 is 0 Å². The molecule has 3 fully saturated rings. The second kappa shape index (κ2) is 23.5. The number of allylic oxidation sites excluding steroid dienone is 3. The number of rotatable bonds is 27. The van der Waals surface area contributed by atoms with Crippen LogP contribution in [0.4, 0.5) is 0 Å². The molecule has 0 amide bonds. The van der Waals surface area contributed by atoms with Gasteiger partial charge in [0.15, 0.2) is 0 Å². The van der Waals surface area contributed by atoms with Crippen molar-refractivity contribution in [2.24, 2.45) is 46.3 Å². The van der Waals surface area contributed by atoms with Crippen LogP contribution < -0.4 is 0 Å². The Morgan fingerprint density at radius 2 is 1.45 bits per heavy atom. The molecule has 4 nitrogen and oxygen atoms in total. The van der Waals surface area contributed by atoms with Crippen LogP contribution in [0.15, 0.2) is 23.8 Å². The number of nitrogens with zero attached hydrogens (tertiary/aromatic N) is 1. The Balaban J connectivity index is 1.05. The standard InChI is InChI=1S/C49H89NO3/c1-9-10-11-12-13-14-16-19-33-51-37-42(50(7)8)38-52-34-20-17-15-18-21-35-53-43-29-31-48(5)41(36-43)25-26-44-46-28-27-45(40(4)24-22-23-39(2)3)49(46,6)32-30-47(44)48/h13-14,25,39-40,42-47H,9-12,15-24,26-38H2,1-8H3/b14-13-/t40-,42-,43+,44+,45-,46?,47?,48+,49-/m1/s1. The maximum atomic E-state index is 6.57. The molecule has 0 aromatic heterocycles. The van der Waals surface area contributed by atoms with E-state index in [4.69, 9.17) is 14.2 Å². The fourth-order valence-electron chi connectivity index (χ4n) is 11.7. The zero-order valence-electron chi connectivity index (χ0n) is 36.6. The van der Waals surface area contributed by atoms with Gasteiger partial charge in [0.2, 0.25) is 0 Å². The molecule has 0 aromatic carbocycles. The third-order valence-electron chi connectivity index (χ3n) is 15.2. The van der Waals surface area contributed by atoms with E-state index in [-0.39, 0.29) is 0 Å². The van der Waals surface area contributed by atoms with Crippen molar-refractivity contribution in [3.8, 4) is 0 Å². The first-order chi connectivity index (χ1) is 25.6. The van der Waals surface area contributed by atoms with Crippen LogP contribution in [0.1, 0.15) is 183 Å². The van der Waals surface area contributed by atoms with Crippen molar-refractivity contribution < 1.29 is 14.2 Å². The van der Waals surface area contributed by atoms with E-state index in [1.165, 1.54) is 122 Å². The maximum absolute atomic E-state index is 6.57. The molecule has 4 heteroatoms. The van der Waals surface area contributed by atoms with Gasteiger partial charge >= 0.3 is 0 Å². The molecule has 0 aliphatic heterocycles. The summed E-state index contributed by atoms with van der Waals surface area (Å²) in [6.07, 6.45) is 36.8. The molecule has 53 heavy (non-hydrogen) atoms. The Kier molecular flexibility index (Phi) is 20.0. The molecule has 308 valence electrons. The normalized spacial score (nSPS) is 31.1. The summed E-state index contributed by atoms with van der Waals surface area (Å²) in [5.41, 5.74) is 2.79. The number of unbranched alkanes of at least 4 members (excludes halogenated alkanes) is 8. The highest BCUT2D eigenvalue weighted by Crippen LogP contribution is 2.67. The lowest BCUT2D eigenvalue weighted by atomic mass is 9.47. The lowest BCUT2D eigenvalue weighted by Crippen LogP contribution is -2.51. The van der Waals surface area contributed by atoms with Crippen LogP contribution in [0.25, 0.3) is 0 Å². The van der Waals surface area contributed by atoms with Gasteiger partial charge in [-0.25, -0.2) is 0 Å². The highest BCUT2D eigenvalue weighted by atomic mass is 16.5. The first-order valence-corrected chi connectivity index (χ1v) is 23.4. The van der Waals surface area contributed by atoms with E-state index in [1.54, 1.807) is 5.57 Å². The number of hydrogen-bond donors (Lipinski definition) is 0. The Morgan fingerprint density at radius 3 is 2.17 bits per heavy atom. The van der Waals surface area contributed by atoms with E-state index in [0.717, 1.165) is 87.8 Å². The highest BCUT2D eigenvalue weighted by molar-refractivity contribution is 5.25. The molecule has 0 saturated heterocycles. The fourth-order valence-corrected chi connectivity index (χ4v) is 11.7. The predicted octanol–water partition coefficient (Wildman–Crippen LogP) is 13.2. The lowest BCUT2D eigenvalue weighted by molar-refractivity contribution is -0.0641. The fraction of sp³-hybridized carbons (Fsp3) is 0.918. The van der Waals surface area contributed by atoms with E-state index in [9.17, 15) is 0 Å². The van der Waals surface area contributed by atoms with Crippen molar-refractivity contribution in [3.05, 3.63) is 23.8 Å². The van der Waals surface area contributed by atoms with Crippen molar-refractivity contribution >= 4 is 0 Å². The summed E-state index contributed by atoms with van der Waals surface area (Å²) in [6.45, 7) is 19.2. The zero-order valence-corrected chi connectivity index (χ0v) is 36.6. The zero-order chi connectivity index (χ0) is 38.1. The molecule has 0 heterocycles. The minimum Gasteiger partial charge on any atom is -0.380 e. The smallest absolute Gasteiger partial charge is 0.0644 e. The minimum atomic E-state index is 0.330. The van der Waals surface area contributed by atoms with Gasteiger partial charge in [0.25, 0.3) is 0 Å². The van der Waals surface area contributed by atoms with Gasteiger partial charge in [-0.15, -0.1) is 0 Å². The van der Waals surface area contributed by atoms with Crippen LogP contribution in [0.5, 0.6) is 0 Å². The van der Waals surface area contributed by atoms with Gasteiger partial charge in [0, 0.05) is 19.8 Å². The van der Waals surface area contributed by atoms with Gasteiger partial charge in [-0.05, 0) is 150 Å². The Bertz CT molecular complexity index is 1050. The average Bonchev–Trinajstić information content (AvgIpc) is 3.49. The first-order valence-electron chi connectivity index (χ1n) is 23.4. The molecular weight excluding hydrogens is 651 g/mol. The Hall–Kier alpha value is -0.680. The molecule has 0 spiro atoms. The quantitative estimate of drug-likeness (QED) is 0.0620. The van der Waals surface area contributed by atoms with Gasteiger partial charge in [-0.3, -0.25) is 0 Å². The van der Waals surface area contributed by atoms with Gasteiger partial charge in [-0.1, -0.05) is 117 Å². The number of fused-ring (bicyclic) bond motifs is 5. The van der Waals surface area contributed by atoms with Crippen molar-refractivity contribution in [1.29, 1.82) is 0 Å². The molecule has 0 N–H and O–H groups in total. The summed E-state index contributed by atoms with van der Waals surface area (Å²) in [5.74, 6) is 5.49. The maximum Gasteiger partial charge on any atom is 0.0644 e. The Labute approximate surface area is 330 Å². The SMILES string of the molecule is CCCCC/C=C\CCCOC[C@H](COCCCCCCCO[C@H]1CC[C@@]2(C)C(=CC[C@@H]3C2CC[C@@]2(C)C3CC[C@@H]2[C@H](C)CCCC(C)C)C1)N(C)C. The monoisotopic (exact) mass is 740 g/mol. The Morgan fingerprint density at radius 1 is 0.755 bits per heavy atom. The molecule has 4 aliphatic rings. The number of hydrogen-bond acceptors (Lipinski definition) is 4. The summed E-state index contributed by atoms with van der Waals surface area (Å²) in [6, 6.07) is 0.330. The topological polar surface area (TPSA) is 30.9 Å². The molecule has 0 bridgehead atoms. The molecule has 9 atom stereocenters. The minimum absolute atomic E-state index is 0.330. The van der Waals surface area contributed by atoms with Crippen molar-refractivity contribution in [3.63, 3.8) is 0 Å². The van der Waals surface area contributed by atoms with Crippen molar-refractivity contribution in [1.82, 2.24) is 4.90 Å². The predicted molar refractivity (Wildman–Crippen MR) is 227 cm³/mol. The summed E-state index contributed by atoms with van der Waals surface area (Å²) < 4.78 is 18.7. The summed E-state index contributed by atoms with van der Waals surface area (Å²) >= 11 is 0. The van der Waals surface area contributed by atoms with Crippen LogP contribution in [-0.2, 0) is 14.2 Å². The van der Waals surface area contributed by atoms with Gasteiger partial charge < -0.3 is 19.1 Å². The van der Waals surface area contributed by atoms with Crippen LogP contribution >= 0.6 is 0 Å². The second-order valence-corrected chi connectivity index (χ2v) is 19.7. The molecule has 0 aromatic rings. The largest absolute Gasteiger partial charge is 0.380 e. The van der Waals surface area contributed by atoms with Gasteiger partial charge in [0.05, 0.1) is 25.4 Å². The molecule has 4 rings (SSSR count). The third kappa shape index (κ3) is 13.5. The molecule has 4 aliphatic carbocycles. The summed E-state index contributed by atoms with van der Waals surface area (Å²) in [5, 5.41) is 0. The van der Waals surface area contributed by atoms with Crippen LogP contribution in [0.2, 0.25) is 0 Å². The van der Waals surface area contributed by atoms with E-state index in [1.807, 2.05) is 0 Å². The van der Waals surface area contributed by atoms with Crippen molar-refractivity contribution in [2.75, 3.05) is 47.1 Å². The van der Waals surface area contributed by atoms with Crippen LogP contribution in [0.3, 0.4) is 0 Å². The van der Waals surface area contributed by atoms with Crippen LogP contribution in [-0.4, -0.2) is 64.2 Å². The highest BCUT2D eigenvalue weighted by Gasteiger charge is 2.59. The molecule has 2 unspecified atom stereocenters. The number of ether oxygens (including phenoxy) is 3. The van der Waals surface area contributed by atoms with Gasteiger partial charge in [0.1, 0.15) is 0 Å². The second-order valence-electron chi connectivity index (χ2n) is 19.7. The molecular formula is C49H89NO3. The lowest BCUT2D eigenvalue weighted by Gasteiger charge is -2.58. The molecule has 0 radical (unpaired) electrons. The molecule has 3 saturated carbocycles. The first kappa shape index (κ1) is 45.0. The van der Waals surface area contributed by atoms with E-state index in [0.29, 0.717) is 23.0 Å². The number of likely N-dealkylation sites (N-methyl/N-ethyl adjacent to an activating group) is 1. The third-order valence-corrected chi connectivity index (χ3v) is 15.2. The van der Waals surface area contributed by atoms with Gasteiger partial charge in [-0.2, -0.15) is 0 Å². The van der Waals surface area contributed by atoms with E-state index in [2.05, 4.69) is 78.8 Å². The average molecular weight is 740 g/mol. The summed E-state index contributed by atoms with van der Waals surface area (Å²) in [7, 11) is 4.27. The van der Waals surface area contributed by atoms with E-state index >= 15 is 0 Å². The van der Waals surface area contributed by atoms with Crippen molar-refractivity contribution in [2.45, 2.75) is 195 Å².